The van der Waals surface area contributed by atoms with Crippen LogP contribution in [-0.2, 0) is 7.05 Å². The molecule has 0 amide bonds. The Hall–Kier alpha value is -3.19. The lowest BCUT2D eigenvalue weighted by molar-refractivity contribution is -0.659. The van der Waals surface area contributed by atoms with Crippen molar-refractivity contribution in [3.63, 3.8) is 0 Å². The monoisotopic (exact) mass is 334 g/mol. The van der Waals surface area contributed by atoms with Gasteiger partial charge in [0, 0.05) is 17.0 Å². The van der Waals surface area contributed by atoms with Crippen molar-refractivity contribution in [2.24, 2.45) is 7.05 Å². The highest BCUT2D eigenvalue weighted by Crippen LogP contribution is 2.32. The van der Waals surface area contributed by atoms with Crippen LogP contribution in [0.4, 0.5) is 0 Å². The number of aromatic nitrogens is 1. The first-order chi connectivity index (χ1) is 12.7. The van der Waals surface area contributed by atoms with Crippen molar-refractivity contribution in [1.82, 2.24) is 0 Å². The van der Waals surface area contributed by atoms with Gasteiger partial charge in [0.2, 0.25) is 5.69 Å². The molecule has 5 rings (SSSR count). The topological polar surface area (TPSA) is 3.88 Å². The van der Waals surface area contributed by atoms with Crippen LogP contribution < -0.4 is 4.57 Å². The van der Waals surface area contributed by atoms with Crippen LogP contribution >= 0.6 is 0 Å². The van der Waals surface area contributed by atoms with Gasteiger partial charge in [-0.2, -0.15) is 0 Å². The van der Waals surface area contributed by atoms with Crippen molar-refractivity contribution < 1.29 is 4.57 Å². The Morgan fingerprint density at radius 2 is 1.31 bits per heavy atom. The molecule has 0 spiro atoms. The molecule has 0 aliphatic heterocycles. The Kier molecular flexibility index (Phi) is 3.29. The molecule has 0 aliphatic carbocycles. The van der Waals surface area contributed by atoms with Gasteiger partial charge in [-0.1, -0.05) is 60.7 Å². The summed E-state index contributed by atoms with van der Waals surface area (Å²) in [4.78, 5) is 0. The van der Waals surface area contributed by atoms with E-state index in [0.29, 0.717) is 0 Å². The van der Waals surface area contributed by atoms with Crippen LogP contribution in [0, 0.1) is 6.92 Å². The summed E-state index contributed by atoms with van der Waals surface area (Å²) in [5.41, 5.74) is 3.84. The number of hydrogen-bond acceptors (Lipinski definition) is 0. The zero-order valence-corrected chi connectivity index (χ0v) is 15.0. The van der Waals surface area contributed by atoms with E-state index < -0.39 is 0 Å². The molecule has 0 fully saturated rings. The average molecular weight is 334 g/mol. The van der Waals surface area contributed by atoms with Crippen molar-refractivity contribution in [3.05, 3.63) is 90.6 Å². The zero-order chi connectivity index (χ0) is 17.7. The van der Waals surface area contributed by atoms with E-state index in [0.717, 1.165) is 0 Å². The van der Waals surface area contributed by atoms with Gasteiger partial charge >= 0.3 is 0 Å². The van der Waals surface area contributed by atoms with E-state index in [2.05, 4.69) is 104 Å². The number of rotatable bonds is 1. The molecule has 1 heterocycles. The molecule has 0 aliphatic rings. The molecule has 0 atom stereocenters. The maximum atomic E-state index is 2.36. The maximum absolute atomic E-state index is 2.36. The third kappa shape index (κ3) is 2.28. The van der Waals surface area contributed by atoms with Gasteiger partial charge in [0.1, 0.15) is 7.05 Å². The van der Waals surface area contributed by atoms with Crippen LogP contribution in [0.2, 0.25) is 0 Å². The van der Waals surface area contributed by atoms with E-state index in [4.69, 9.17) is 0 Å². The van der Waals surface area contributed by atoms with E-state index in [1.807, 2.05) is 0 Å². The molecule has 4 aromatic carbocycles. The molecule has 0 radical (unpaired) electrons. The largest absolute Gasteiger partial charge is 0.213 e. The van der Waals surface area contributed by atoms with Crippen molar-refractivity contribution in [3.8, 4) is 11.3 Å². The number of aryl methyl sites for hydroxylation is 2. The van der Waals surface area contributed by atoms with Gasteiger partial charge in [0.25, 0.3) is 0 Å². The summed E-state index contributed by atoms with van der Waals surface area (Å²) in [6, 6.07) is 28.6. The molecule has 0 saturated heterocycles. The summed E-state index contributed by atoms with van der Waals surface area (Å²) < 4.78 is 2.24. The van der Waals surface area contributed by atoms with Gasteiger partial charge in [-0.15, -0.1) is 0 Å². The number of nitrogens with zero attached hydrogens (tertiary/aromatic N) is 1. The Morgan fingerprint density at radius 3 is 2.15 bits per heavy atom. The number of fused-ring (bicyclic) bond motifs is 4. The fourth-order valence-electron chi connectivity index (χ4n) is 4.00. The van der Waals surface area contributed by atoms with Gasteiger partial charge in [-0.3, -0.25) is 0 Å². The first kappa shape index (κ1) is 15.1. The first-order valence-corrected chi connectivity index (χ1v) is 9.02. The third-order valence-electron chi connectivity index (χ3n) is 5.37. The van der Waals surface area contributed by atoms with E-state index in [9.17, 15) is 0 Å². The quantitative estimate of drug-likeness (QED) is 0.263. The second-order valence-electron chi connectivity index (χ2n) is 7.07. The summed E-state index contributed by atoms with van der Waals surface area (Å²) in [7, 11) is 2.13. The summed E-state index contributed by atoms with van der Waals surface area (Å²) in [6.07, 6.45) is 2.22. The highest BCUT2D eigenvalue weighted by molar-refractivity contribution is 6.09. The molecule has 1 nitrogen and oxygen atoms in total. The Bertz CT molecular complexity index is 1300. The van der Waals surface area contributed by atoms with Crippen molar-refractivity contribution in [2.45, 2.75) is 6.92 Å². The maximum Gasteiger partial charge on any atom is 0.213 e. The van der Waals surface area contributed by atoms with E-state index in [1.54, 1.807) is 0 Å². The SMILES string of the molecule is Cc1cc2ccc3ccccc3c2cc1-c1cc2ccccc2c[n+]1C. The fourth-order valence-corrected chi connectivity index (χ4v) is 4.00. The molecule has 0 N–H and O–H groups in total. The second-order valence-corrected chi connectivity index (χ2v) is 7.07. The van der Waals surface area contributed by atoms with Gasteiger partial charge < -0.3 is 0 Å². The number of hydrogen-bond donors (Lipinski definition) is 0. The van der Waals surface area contributed by atoms with Crippen molar-refractivity contribution >= 4 is 32.3 Å². The molecule has 124 valence electrons. The van der Waals surface area contributed by atoms with E-state index >= 15 is 0 Å². The highest BCUT2D eigenvalue weighted by atomic mass is 14.9. The van der Waals surface area contributed by atoms with Crippen molar-refractivity contribution in [2.75, 3.05) is 0 Å². The summed E-state index contributed by atoms with van der Waals surface area (Å²) in [5, 5.41) is 7.76. The molecular formula is C25H20N+. The average Bonchev–Trinajstić information content (AvgIpc) is 2.67. The minimum atomic E-state index is 1.25. The first-order valence-electron chi connectivity index (χ1n) is 9.02. The fraction of sp³-hybridized carbons (Fsp3) is 0.0800. The predicted molar refractivity (Wildman–Crippen MR) is 110 cm³/mol. The number of pyridine rings is 1. The Morgan fingerprint density at radius 1 is 0.615 bits per heavy atom. The van der Waals surface area contributed by atoms with Crippen LogP contribution in [-0.4, -0.2) is 0 Å². The van der Waals surface area contributed by atoms with Crippen LogP contribution in [0.25, 0.3) is 43.6 Å². The molecular weight excluding hydrogens is 314 g/mol. The molecule has 26 heavy (non-hydrogen) atoms. The lowest BCUT2D eigenvalue weighted by Crippen LogP contribution is -2.30. The smallest absolute Gasteiger partial charge is 0.200 e. The molecule has 1 aromatic heterocycles. The molecule has 1 heteroatoms. The van der Waals surface area contributed by atoms with Crippen LogP contribution in [0.5, 0.6) is 0 Å². The Labute approximate surface area is 153 Å². The van der Waals surface area contributed by atoms with Gasteiger partial charge in [-0.25, -0.2) is 4.57 Å². The highest BCUT2D eigenvalue weighted by Gasteiger charge is 2.15. The van der Waals surface area contributed by atoms with Gasteiger partial charge in [0.05, 0.1) is 0 Å². The third-order valence-corrected chi connectivity index (χ3v) is 5.37. The Balaban J connectivity index is 1.85. The minimum absolute atomic E-state index is 1.25. The predicted octanol–water partition coefficient (Wildman–Crippen LogP) is 5.95. The van der Waals surface area contributed by atoms with Gasteiger partial charge in [0.15, 0.2) is 6.20 Å². The minimum Gasteiger partial charge on any atom is -0.200 e. The summed E-state index contributed by atoms with van der Waals surface area (Å²) in [6.45, 7) is 2.21. The molecule has 5 aromatic rings. The summed E-state index contributed by atoms with van der Waals surface area (Å²) >= 11 is 0. The standard InChI is InChI=1S/C25H20N/c1-17-13-20-12-11-18-7-5-6-10-22(18)24(20)15-23(17)25-14-19-8-3-4-9-21(19)16-26(25)2/h3-16H,1-2H3/q+1. The van der Waals surface area contributed by atoms with E-state index in [-0.39, 0.29) is 0 Å². The molecule has 0 unspecified atom stereocenters. The molecule has 0 bridgehead atoms. The van der Waals surface area contributed by atoms with E-state index in [1.165, 1.54) is 49.1 Å². The van der Waals surface area contributed by atoms with Crippen molar-refractivity contribution in [1.29, 1.82) is 0 Å². The lowest BCUT2D eigenvalue weighted by atomic mass is 9.95. The van der Waals surface area contributed by atoms with Crippen LogP contribution in [0.1, 0.15) is 5.56 Å². The summed E-state index contributed by atoms with van der Waals surface area (Å²) in [5.74, 6) is 0. The van der Waals surface area contributed by atoms with Gasteiger partial charge in [-0.05, 0) is 51.6 Å². The van der Waals surface area contributed by atoms with Crippen LogP contribution in [0.15, 0.2) is 85.1 Å². The normalized spacial score (nSPS) is 11.5. The van der Waals surface area contributed by atoms with Crippen LogP contribution in [0.3, 0.4) is 0 Å². The number of benzene rings is 4. The lowest BCUT2D eigenvalue weighted by Gasteiger charge is -2.10. The molecule has 0 saturated carbocycles. The second kappa shape index (κ2) is 5.67. The zero-order valence-electron chi connectivity index (χ0n) is 15.0.